The number of hydrogen-bond donors (Lipinski definition) is 0. The predicted octanol–water partition coefficient (Wildman–Crippen LogP) is 4.27. The maximum Gasteiger partial charge on any atom is 0.337 e. The van der Waals surface area contributed by atoms with Crippen molar-refractivity contribution in [2.24, 2.45) is 0 Å². The van der Waals surface area contributed by atoms with Gasteiger partial charge in [-0.3, -0.25) is 14.7 Å². The highest BCUT2D eigenvalue weighted by Gasteiger charge is 2.32. The fourth-order valence-electron chi connectivity index (χ4n) is 4.52. The zero-order valence-electron chi connectivity index (χ0n) is 19.3. The van der Waals surface area contributed by atoms with Gasteiger partial charge in [-0.1, -0.05) is 36.4 Å². The normalized spacial score (nSPS) is 18.7. The molecule has 1 fully saturated rings. The van der Waals surface area contributed by atoms with Gasteiger partial charge in [0.2, 0.25) is 0 Å². The van der Waals surface area contributed by atoms with Crippen molar-refractivity contribution in [1.82, 2.24) is 14.8 Å². The van der Waals surface area contributed by atoms with Gasteiger partial charge in [0.1, 0.15) is 0 Å². The third-order valence-corrected chi connectivity index (χ3v) is 6.26. The Morgan fingerprint density at radius 1 is 0.970 bits per heavy atom. The molecule has 170 valence electrons. The molecular formula is C27H29N3O3. The quantitative estimate of drug-likeness (QED) is 0.551. The average Bonchev–Trinajstić information content (AvgIpc) is 2.86. The molecule has 1 aliphatic heterocycles. The van der Waals surface area contributed by atoms with Crippen LogP contribution in [0.15, 0.2) is 73.1 Å². The number of ether oxygens (including phenoxy) is 1. The van der Waals surface area contributed by atoms with E-state index in [1.54, 1.807) is 24.5 Å². The van der Waals surface area contributed by atoms with E-state index in [1.165, 1.54) is 7.11 Å². The van der Waals surface area contributed by atoms with Gasteiger partial charge in [0.05, 0.1) is 12.7 Å². The van der Waals surface area contributed by atoms with E-state index >= 15 is 0 Å². The number of pyridine rings is 1. The van der Waals surface area contributed by atoms with Crippen molar-refractivity contribution >= 4 is 11.9 Å². The lowest BCUT2D eigenvalue weighted by atomic mass is 9.98. The fourth-order valence-corrected chi connectivity index (χ4v) is 4.52. The first-order chi connectivity index (χ1) is 16.0. The first-order valence-electron chi connectivity index (χ1n) is 11.2. The van der Waals surface area contributed by atoms with Crippen molar-refractivity contribution in [3.63, 3.8) is 0 Å². The average molecular weight is 444 g/mol. The third kappa shape index (κ3) is 4.96. The number of piperazine rings is 1. The predicted molar refractivity (Wildman–Crippen MR) is 128 cm³/mol. The fraction of sp³-hybridized carbons (Fsp3) is 0.296. The summed E-state index contributed by atoms with van der Waals surface area (Å²) >= 11 is 0. The molecule has 1 amide bonds. The van der Waals surface area contributed by atoms with Crippen LogP contribution in [0.25, 0.3) is 11.1 Å². The second kappa shape index (κ2) is 9.96. The van der Waals surface area contributed by atoms with Gasteiger partial charge in [0.15, 0.2) is 0 Å². The van der Waals surface area contributed by atoms with E-state index in [-0.39, 0.29) is 24.0 Å². The molecule has 0 unspecified atom stereocenters. The van der Waals surface area contributed by atoms with Crippen molar-refractivity contribution in [2.45, 2.75) is 32.5 Å². The van der Waals surface area contributed by atoms with Crippen molar-refractivity contribution in [3.8, 4) is 11.1 Å². The lowest BCUT2D eigenvalue weighted by molar-refractivity contribution is 0.0270. The van der Waals surface area contributed by atoms with E-state index in [0.29, 0.717) is 24.2 Å². The molecule has 3 aromatic rings. The number of esters is 1. The molecule has 0 aliphatic carbocycles. The topological polar surface area (TPSA) is 62.7 Å². The summed E-state index contributed by atoms with van der Waals surface area (Å²) in [6.45, 7) is 6.39. The van der Waals surface area contributed by atoms with E-state index in [9.17, 15) is 9.59 Å². The summed E-state index contributed by atoms with van der Waals surface area (Å²) in [5.74, 6) is -0.280. The summed E-state index contributed by atoms with van der Waals surface area (Å²) in [6, 6.07) is 19.5. The van der Waals surface area contributed by atoms with Crippen molar-refractivity contribution < 1.29 is 14.3 Å². The number of carbonyl (C=O) groups is 2. The summed E-state index contributed by atoms with van der Waals surface area (Å²) < 4.78 is 4.78. The Bertz CT molecular complexity index is 1100. The highest BCUT2D eigenvalue weighted by atomic mass is 16.5. The number of methoxy groups -OCH3 is 1. The molecule has 2 atom stereocenters. The summed E-state index contributed by atoms with van der Waals surface area (Å²) in [5, 5.41) is 0. The number of nitrogens with zero attached hydrogens (tertiary/aromatic N) is 3. The molecule has 1 aromatic heterocycles. The summed E-state index contributed by atoms with van der Waals surface area (Å²) in [7, 11) is 1.38. The Hall–Kier alpha value is -3.51. The van der Waals surface area contributed by atoms with Crippen LogP contribution < -0.4 is 0 Å². The van der Waals surface area contributed by atoms with Crippen LogP contribution in [-0.4, -0.2) is 58.9 Å². The zero-order valence-corrected chi connectivity index (χ0v) is 19.3. The number of benzene rings is 2. The first kappa shape index (κ1) is 22.7. The van der Waals surface area contributed by atoms with Crippen molar-refractivity contribution in [2.75, 3.05) is 20.2 Å². The van der Waals surface area contributed by atoms with Crippen LogP contribution in [0.2, 0.25) is 0 Å². The number of carbonyl (C=O) groups excluding carboxylic acids is 2. The molecule has 0 radical (unpaired) electrons. The molecule has 6 nitrogen and oxygen atoms in total. The van der Waals surface area contributed by atoms with Gasteiger partial charge in [-0.25, -0.2) is 4.79 Å². The van der Waals surface area contributed by atoms with Crippen LogP contribution in [-0.2, 0) is 11.3 Å². The first-order valence-corrected chi connectivity index (χ1v) is 11.2. The Balaban J connectivity index is 1.47. The third-order valence-electron chi connectivity index (χ3n) is 6.26. The van der Waals surface area contributed by atoms with E-state index < -0.39 is 0 Å². The summed E-state index contributed by atoms with van der Waals surface area (Å²) in [4.78, 5) is 33.8. The number of rotatable bonds is 5. The molecule has 4 rings (SSSR count). The maximum atomic E-state index is 13.5. The van der Waals surface area contributed by atoms with Gasteiger partial charge in [-0.15, -0.1) is 0 Å². The second-order valence-electron chi connectivity index (χ2n) is 8.56. The van der Waals surface area contributed by atoms with Gasteiger partial charge in [-0.05, 0) is 49.2 Å². The van der Waals surface area contributed by atoms with Crippen LogP contribution in [0.3, 0.4) is 0 Å². The summed E-state index contributed by atoms with van der Waals surface area (Å²) in [6.07, 6.45) is 3.53. The Kier molecular flexibility index (Phi) is 6.84. The van der Waals surface area contributed by atoms with Crippen LogP contribution in [0.5, 0.6) is 0 Å². The molecule has 2 aromatic carbocycles. The van der Waals surface area contributed by atoms with E-state index in [2.05, 4.69) is 23.7 Å². The Labute approximate surface area is 194 Å². The number of amides is 1. The lowest BCUT2D eigenvalue weighted by Gasteiger charge is -2.44. The van der Waals surface area contributed by atoms with Crippen LogP contribution in [0.4, 0.5) is 0 Å². The SMILES string of the molecule is COC(=O)c1ccc(CN2[C@H](C)CN(C(=O)c3ccccc3-c3cccnc3)C[C@@H]2C)cc1. The highest BCUT2D eigenvalue weighted by molar-refractivity contribution is 6.01. The van der Waals surface area contributed by atoms with Gasteiger partial charge < -0.3 is 9.64 Å². The van der Waals surface area contributed by atoms with E-state index in [1.807, 2.05) is 53.4 Å². The Morgan fingerprint density at radius 3 is 2.30 bits per heavy atom. The van der Waals surface area contributed by atoms with E-state index in [0.717, 1.165) is 23.2 Å². The standard InChI is InChI=1S/C27H29N3O3/c1-19-16-29(26(31)25-9-5-4-8-24(25)23-7-6-14-28-15-23)17-20(2)30(19)18-21-10-12-22(13-11-21)27(32)33-3/h4-15,19-20H,16-18H2,1-3H3/t19-,20+. The zero-order chi connectivity index (χ0) is 23.4. The second-order valence-corrected chi connectivity index (χ2v) is 8.56. The smallest absolute Gasteiger partial charge is 0.337 e. The van der Waals surface area contributed by atoms with Gasteiger partial charge in [0.25, 0.3) is 5.91 Å². The minimum atomic E-state index is -0.332. The van der Waals surface area contributed by atoms with Crippen molar-refractivity contribution in [3.05, 3.63) is 89.7 Å². The van der Waals surface area contributed by atoms with E-state index in [4.69, 9.17) is 4.74 Å². The minimum absolute atomic E-state index is 0.0511. The van der Waals surface area contributed by atoms with Gasteiger partial charge in [-0.2, -0.15) is 0 Å². The molecule has 0 N–H and O–H groups in total. The van der Waals surface area contributed by atoms with Gasteiger partial charge >= 0.3 is 5.97 Å². The molecule has 33 heavy (non-hydrogen) atoms. The van der Waals surface area contributed by atoms with Crippen LogP contribution in [0, 0.1) is 0 Å². The van der Waals surface area contributed by atoms with Crippen LogP contribution >= 0.6 is 0 Å². The lowest BCUT2D eigenvalue weighted by Crippen LogP contribution is -2.57. The molecule has 0 spiro atoms. The molecule has 1 aliphatic rings. The monoisotopic (exact) mass is 443 g/mol. The minimum Gasteiger partial charge on any atom is -0.465 e. The molecule has 1 saturated heterocycles. The molecule has 0 bridgehead atoms. The molecule has 6 heteroatoms. The molecule has 0 saturated carbocycles. The number of aromatic nitrogens is 1. The molecule has 2 heterocycles. The number of hydrogen-bond acceptors (Lipinski definition) is 5. The van der Waals surface area contributed by atoms with Crippen molar-refractivity contribution in [1.29, 1.82) is 0 Å². The molecular weight excluding hydrogens is 414 g/mol. The summed E-state index contributed by atoms with van der Waals surface area (Å²) in [5.41, 5.74) is 4.23. The highest BCUT2D eigenvalue weighted by Crippen LogP contribution is 2.26. The van der Waals surface area contributed by atoms with Gasteiger partial charge in [0, 0.05) is 55.2 Å². The maximum absolute atomic E-state index is 13.5. The Morgan fingerprint density at radius 2 is 1.67 bits per heavy atom. The largest absolute Gasteiger partial charge is 0.465 e. The van der Waals surface area contributed by atoms with Crippen LogP contribution in [0.1, 0.15) is 40.1 Å².